The van der Waals surface area contributed by atoms with Crippen molar-refractivity contribution in [3.8, 4) is 17.2 Å². The quantitative estimate of drug-likeness (QED) is 0.573. The van der Waals surface area contributed by atoms with E-state index in [1.807, 2.05) is 19.1 Å². The molecule has 0 amide bonds. The number of pyridine rings is 1. The molecular weight excluding hydrogens is 427 g/mol. The Morgan fingerprint density at radius 3 is 2.56 bits per heavy atom. The van der Waals surface area contributed by atoms with E-state index in [9.17, 15) is 12.8 Å². The second-order valence-corrected chi connectivity index (χ2v) is 9.52. The molecule has 1 aliphatic heterocycles. The van der Waals surface area contributed by atoms with Crippen LogP contribution in [0.25, 0.3) is 11.1 Å². The molecular formula is C24H21FN4O2S. The molecule has 1 fully saturated rings. The smallest absolute Gasteiger partial charge is 0.245 e. The summed E-state index contributed by atoms with van der Waals surface area (Å²) in [5, 5.41) is 8.97. The first-order chi connectivity index (χ1) is 15.4. The van der Waals surface area contributed by atoms with Gasteiger partial charge in [-0.15, -0.1) is 0 Å². The van der Waals surface area contributed by atoms with Gasteiger partial charge in [0.1, 0.15) is 22.6 Å². The van der Waals surface area contributed by atoms with Crippen LogP contribution in [-0.4, -0.2) is 28.8 Å². The third-order valence-corrected chi connectivity index (χ3v) is 7.47. The largest absolute Gasteiger partial charge is 0.257 e. The molecule has 6 nitrogen and oxygen atoms in total. The molecule has 8 heteroatoms. The maximum atomic E-state index is 14.9. The lowest BCUT2D eigenvalue weighted by atomic mass is 10.0. The molecule has 3 aromatic rings. The van der Waals surface area contributed by atoms with Gasteiger partial charge in [0.15, 0.2) is 0 Å². The zero-order valence-electron chi connectivity index (χ0n) is 17.4. The topological polar surface area (TPSA) is 86.4 Å². The second-order valence-electron chi connectivity index (χ2n) is 7.63. The molecule has 0 aliphatic carbocycles. The SMILES string of the molecule is C[C@H]1CCC(=Nc2ccccc2)S(=O)(=O)N1Cc1ccc(-c2ccc(C#N)nc2)cc1F. The van der Waals surface area contributed by atoms with Crippen LogP contribution in [0.2, 0.25) is 0 Å². The van der Waals surface area contributed by atoms with Crippen LogP contribution in [0.4, 0.5) is 10.1 Å². The molecule has 1 aromatic heterocycles. The Hall–Kier alpha value is -3.41. The number of para-hydroxylation sites is 1. The summed E-state index contributed by atoms with van der Waals surface area (Å²) in [6.07, 6.45) is 2.47. The number of nitriles is 1. The van der Waals surface area contributed by atoms with Crippen LogP contribution < -0.4 is 0 Å². The maximum absolute atomic E-state index is 14.9. The summed E-state index contributed by atoms with van der Waals surface area (Å²) in [4.78, 5) is 8.36. The Kier molecular flexibility index (Phi) is 6.12. The summed E-state index contributed by atoms with van der Waals surface area (Å²) in [6, 6.07) is 18.6. The molecule has 2 heterocycles. The maximum Gasteiger partial charge on any atom is 0.257 e. The Morgan fingerprint density at radius 2 is 1.91 bits per heavy atom. The van der Waals surface area contributed by atoms with Crippen LogP contribution in [-0.2, 0) is 16.6 Å². The minimum Gasteiger partial charge on any atom is -0.245 e. The van der Waals surface area contributed by atoms with Crippen molar-refractivity contribution in [2.75, 3.05) is 0 Å². The van der Waals surface area contributed by atoms with Crippen molar-refractivity contribution in [2.45, 2.75) is 32.4 Å². The van der Waals surface area contributed by atoms with Crippen molar-refractivity contribution in [3.63, 3.8) is 0 Å². The molecule has 162 valence electrons. The molecule has 0 N–H and O–H groups in total. The monoisotopic (exact) mass is 448 g/mol. The van der Waals surface area contributed by atoms with Gasteiger partial charge in [0.2, 0.25) is 0 Å². The van der Waals surface area contributed by atoms with Gasteiger partial charge in [-0.05, 0) is 49.2 Å². The number of aromatic nitrogens is 1. The zero-order chi connectivity index (χ0) is 22.7. The lowest BCUT2D eigenvalue weighted by Gasteiger charge is -2.33. The number of benzene rings is 2. The van der Waals surface area contributed by atoms with E-state index in [2.05, 4.69) is 9.98 Å². The van der Waals surface area contributed by atoms with E-state index in [1.54, 1.807) is 48.5 Å². The van der Waals surface area contributed by atoms with Gasteiger partial charge < -0.3 is 0 Å². The van der Waals surface area contributed by atoms with E-state index in [0.717, 1.165) is 0 Å². The first-order valence-corrected chi connectivity index (χ1v) is 11.6. The van der Waals surface area contributed by atoms with Gasteiger partial charge in [-0.2, -0.15) is 9.57 Å². The fourth-order valence-electron chi connectivity index (χ4n) is 3.63. The van der Waals surface area contributed by atoms with Crippen LogP contribution in [0, 0.1) is 17.1 Å². The van der Waals surface area contributed by atoms with E-state index in [4.69, 9.17) is 5.26 Å². The van der Waals surface area contributed by atoms with Crippen molar-refractivity contribution in [3.05, 3.63) is 83.9 Å². The second kappa shape index (κ2) is 8.99. The molecule has 32 heavy (non-hydrogen) atoms. The van der Waals surface area contributed by atoms with E-state index >= 15 is 0 Å². The van der Waals surface area contributed by atoms with Crippen LogP contribution in [0.1, 0.15) is 31.0 Å². The summed E-state index contributed by atoms with van der Waals surface area (Å²) < 4.78 is 42.7. The summed E-state index contributed by atoms with van der Waals surface area (Å²) in [6.45, 7) is 1.75. The first kappa shape index (κ1) is 21.8. The number of hydrogen-bond acceptors (Lipinski definition) is 5. The minimum atomic E-state index is -3.82. The summed E-state index contributed by atoms with van der Waals surface area (Å²) in [7, 11) is -3.82. The predicted octanol–water partition coefficient (Wildman–Crippen LogP) is 4.80. The highest BCUT2D eigenvalue weighted by molar-refractivity contribution is 8.04. The molecule has 0 unspecified atom stereocenters. The lowest BCUT2D eigenvalue weighted by molar-refractivity contribution is 0.312. The molecule has 1 aliphatic rings. The first-order valence-electron chi connectivity index (χ1n) is 10.2. The van der Waals surface area contributed by atoms with Crippen molar-refractivity contribution in [1.29, 1.82) is 5.26 Å². The molecule has 1 saturated heterocycles. The van der Waals surface area contributed by atoms with E-state index in [1.165, 1.54) is 16.6 Å². The standard InChI is InChI=1S/C24H21FN4O2S/c1-17-7-12-24(28-21-5-3-2-4-6-21)32(30,31)29(17)16-20-9-8-18(13-23(20)25)19-10-11-22(14-26)27-15-19/h2-6,8-11,13,15,17H,7,12,16H2,1H3/t17-/m0/s1. The molecule has 0 radical (unpaired) electrons. The highest BCUT2D eigenvalue weighted by Crippen LogP contribution is 2.29. The lowest BCUT2D eigenvalue weighted by Crippen LogP contribution is -2.46. The number of rotatable bonds is 4. The van der Waals surface area contributed by atoms with Crippen molar-refractivity contribution < 1.29 is 12.8 Å². The molecule has 2 aromatic carbocycles. The summed E-state index contributed by atoms with van der Waals surface area (Å²) >= 11 is 0. The Morgan fingerprint density at radius 1 is 1.16 bits per heavy atom. The number of halogens is 1. The van der Waals surface area contributed by atoms with Crippen molar-refractivity contribution in [1.82, 2.24) is 9.29 Å². The van der Waals surface area contributed by atoms with E-state index in [0.29, 0.717) is 29.7 Å². The van der Waals surface area contributed by atoms with E-state index in [-0.39, 0.29) is 28.9 Å². The molecule has 0 saturated carbocycles. The van der Waals surface area contributed by atoms with Gasteiger partial charge in [0, 0.05) is 36.3 Å². The van der Waals surface area contributed by atoms with Gasteiger partial charge in [0.05, 0.1) is 5.69 Å². The van der Waals surface area contributed by atoms with Gasteiger partial charge >= 0.3 is 0 Å². The van der Waals surface area contributed by atoms with Crippen molar-refractivity contribution in [2.24, 2.45) is 4.99 Å². The van der Waals surface area contributed by atoms with Gasteiger partial charge in [-0.1, -0.05) is 30.3 Å². The van der Waals surface area contributed by atoms with Crippen LogP contribution >= 0.6 is 0 Å². The summed E-state index contributed by atoms with van der Waals surface area (Å²) in [5.41, 5.74) is 2.41. The number of hydrogen-bond donors (Lipinski definition) is 0. The minimum absolute atomic E-state index is 0.0744. The highest BCUT2D eigenvalue weighted by atomic mass is 32.2. The Balaban J connectivity index is 1.60. The van der Waals surface area contributed by atoms with Crippen LogP contribution in [0.15, 0.2) is 71.9 Å². The normalized spacial score (nSPS) is 19.5. The molecule has 4 rings (SSSR count). The molecule has 0 bridgehead atoms. The Labute approximate surface area is 186 Å². The fraction of sp³-hybridized carbons (Fsp3) is 0.208. The van der Waals surface area contributed by atoms with Gasteiger partial charge in [0.25, 0.3) is 10.0 Å². The zero-order valence-corrected chi connectivity index (χ0v) is 18.3. The molecule has 1 atom stereocenters. The highest BCUT2D eigenvalue weighted by Gasteiger charge is 2.37. The van der Waals surface area contributed by atoms with Crippen molar-refractivity contribution >= 4 is 20.8 Å². The van der Waals surface area contributed by atoms with E-state index < -0.39 is 15.8 Å². The average molecular weight is 449 g/mol. The fourth-order valence-corrected chi connectivity index (χ4v) is 5.39. The number of sulfonamides is 1. The number of aliphatic imine (C=N–C) groups is 1. The predicted molar refractivity (Wildman–Crippen MR) is 121 cm³/mol. The van der Waals surface area contributed by atoms with Crippen LogP contribution in [0.5, 0.6) is 0 Å². The van der Waals surface area contributed by atoms with Gasteiger partial charge in [-0.25, -0.2) is 22.8 Å². The molecule has 0 spiro atoms. The summed E-state index contributed by atoms with van der Waals surface area (Å²) in [5.74, 6) is -0.499. The third-order valence-electron chi connectivity index (χ3n) is 5.47. The van der Waals surface area contributed by atoms with Crippen LogP contribution in [0.3, 0.4) is 0 Å². The third kappa shape index (κ3) is 4.44. The Bertz CT molecular complexity index is 1300. The average Bonchev–Trinajstić information content (AvgIpc) is 2.80. The van der Waals surface area contributed by atoms with Gasteiger partial charge in [-0.3, -0.25) is 0 Å². The number of nitrogens with zero attached hydrogens (tertiary/aromatic N) is 4.